The van der Waals surface area contributed by atoms with Gasteiger partial charge in [0, 0.05) is 18.7 Å². The third kappa shape index (κ3) is 11.8. The highest BCUT2D eigenvalue weighted by molar-refractivity contribution is 14.0. The molecule has 1 aromatic carbocycles. The molecule has 7 nitrogen and oxygen atoms in total. The fourth-order valence-corrected chi connectivity index (χ4v) is 2.61. The van der Waals surface area contributed by atoms with Gasteiger partial charge >= 0.3 is 0 Å². The Bertz CT molecular complexity index is 596. The Hall–Kier alpha value is -1.49. The average Bonchev–Trinajstić information content (AvgIpc) is 2.64. The molecular formula is C18H30IN5O2S. The molecule has 27 heavy (non-hydrogen) atoms. The van der Waals surface area contributed by atoms with Crippen LogP contribution in [0.3, 0.4) is 0 Å². The molecule has 0 spiro atoms. The number of nitrogens with zero attached hydrogens (tertiary/aromatic N) is 1. The molecule has 0 radical (unpaired) electrons. The smallest absolute Gasteiger partial charge is 0.251 e. The number of carbonyl (C=O) groups is 2. The van der Waals surface area contributed by atoms with Crippen LogP contribution in [-0.4, -0.2) is 49.4 Å². The maximum Gasteiger partial charge on any atom is 0.251 e. The van der Waals surface area contributed by atoms with Gasteiger partial charge in [-0.1, -0.05) is 12.1 Å². The lowest BCUT2D eigenvalue weighted by molar-refractivity contribution is -0.117. The first kappa shape index (κ1) is 25.5. The van der Waals surface area contributed by atoms with E-state index in [0.29, 0.717) is 12.1 Å². The molecule has 0 atom stereocenters. The number of aliphatic imine (C=N–C) groups is 1. The van der Waals surface area contributed by atoms with Crippen molar-refractivity contribution in [2.45, 2.75) is 26.3 Å². The number of rotatable bonds is 11. The third-order valence-electron chi connectivity index (χ3n) is 3.47. The summed E-state index contributed by atoms with van der Waals surface area (Å²) in [6, 6.07) is 7.13. The molecule has 0 aliphatic carbocycles. The summed E-state index contributed by atoms with van der Waals surface area (Å²) in [5.74, 6) is 1.08. The van der Waals surface area contributed by atoms with Gasteiger partial charge in [0.2, 0.25) is 5.91 Å². The number of benzene rings is 1. The van der Waals surface area contributed by atoms with E-state index in [1.165, 1.54) is 12.2 Å². The standard InChI is InChI=1S/C18H29N5O2S.HI/c1-3-20-18(21-10-4-5-11-26-2)23-12-14-6-8-15(9-7-14)17(25)22-13-16(19)24;/h6-9H,3-5,10-13H2,1-2H3,(H2,19,24)(H,22,25)(H2,20,21,23);1H. The molecule has 0 aliphatic rings. The Morgan fingerprint density at radius 1 is 1.11 bits per heavy atom. The largest absolute Gasteiger partial charge is 0.368 e. The van der Waals surface area contributed by atoms with Crippen molar-refractivity contribution >= 4 is 53.5 Å². The van der Waals surface area contributed by atoms with Gasteiger partial charge in [0.05, 0.1) is 13.1 Å². The molecule has 0 heterocycles. The topological polar surface area (TPSA) is 109 Å². The summed E-state index contributed by atoms with van der Waals surface area (Å²) < 4.78 is 0. The number of nitrogens with two attached hydrogens (primary N) is 1. The molecule has 0 fully saturated rings. The Labute approximate surface area is 182 Å². The fourth-order valence-electron chi connectivity index (χ4n) is 2.12. The molecule has 1 rings (SSSR count). The predicted molar refractivity (Wildman–Crippen MR) is 124 cm³/mol. The van der Waals surface area contributed by atoms with Gasteiger partial charge in [-0.25, -0.2) is 4.99 Å². The first-order chi connectivity index (χ1) is 12.6. The van der Waals surface area contributed by atoms with Crippen molar-refractivity contribution in [3.8, 4) is 0 Å². The number of halogens is 1. The Balaban J connectivity index is 0.00000676. The molecule has 0 aliphatic heterocycles. The maximum atomic E-state index is 11.8. The van der Waals surface area contributed by atoms with Crippen LogP contribution < -0.4 is 21.7 Å². The first-order valence-corrected chi connectivity index (χ1v) is 10.1. The summed E-state index contributed by atoms with van der Waals surface area (Å²) in [5, 5.41) is 9.01. The molecule has 9 heteroatoms. The molecular weight excluding hydrogens is 477 g/mol. The van der Waals surface area contributed by atoms with Crippen molar-refractivity contribution in [2.24, 2.45) is 10.7 Å². The summed E-state index contributed by atoms with van der Waals surface area (Å²) in [4.78, 5) is 27.1. The third-order valence-corrected chi connectivity index (χ3v) is 4.17. The maximum absolute atomic E-state index is 11.8. The first-order valence-electron chi connectivity index (χ1n) is 8.73. The van der Waals surface area contributed by atoms with E-state index in [9.17, 15) is 9.59 Å². The van der Waals surface area contributed by atoms with Crippen molar-refractivity contribution in [3.05, 3.63) is 35.4 Å². The number of hydrogen-bond donors (Lipinski definition) is 4. The van der Waals surface area contributed by atoms with Gasteiger partial charge in [-0.3, -0.25) is 9.59 Å². The minimum absolute atomic E-state index is 0. The van der Waals surface area contributed by atoms with Crippen LogP contribution in [0.2, 0.25) is 0 Å². The van der Waals surface area contributed by atoms with E-state index < -0.39 is 5.91 Å². The van der Waals surface area contributed by atoms with Crippen molar-refractivity contribution in [1.82, 2.24) is 16.0 Å². The van der Waals surface area contributed by atoms with E-state index in [1.807, 2.05) is 30.8 Å². The highest BCUT2D eigenvalue weighted by Gasteiger charge is 2.06. The summed E-state index contributed by atoms with van der Waals surface area (Å²) in [6.45, 7) is 4.08. The van der Waals surface area contributed by atoms with Gasteiger partial charge in [0.25, 0.3) is 5.91 Å². The SMILES string of the molecule is CCNC(=NCc1ccc(C(=O)NCC(N)=O)cc1)NCCCCSC.I. The molecule has 152 valence electrons. The van der Waals surface area contributed by atoms with Crippen LogP contribution in [0.15, 0.2) is 29.3 Å². The van der Waals surface area contributed by atoms with Gasteiger partial charge in [0.15, 0.2) is 5.96 Å². The van der Waals surface area contributed by atoms with Crippen LogP contribution in [0.1, 0.15) is 35.7 Å². The zero-order valence-electron chi connectivity index (χ0n) is 15.9. The van der Waals surface area contributed by atoms with Crippen molar-refractivity contribution in [2.75, 3.05) is 31.6 Å². The van der Waals surface area contributed by atoms with Gasteiger partial charge in [-0.05, 0) is 49.5 Å². The van der Waals surface area contributed by atoms with Crippen molar-refractivity contribution in [1.29, 1.82) is 0 Å². The number of unbranched alkanes of at least 4 members (excludes halogenated alkanes) is 1. The lowest BCUT2D eigenvalue weighted by atomic mass is 10.1. The van der Waals surface area contributed by atoms with Crippen LogP contribution in [0, 0.1) is 0 Å². The van der Waals surface area contributed by atoms with E-state index in [-0.39, 0.29) is 36.4 Å². The number of amides is 2. The summed E-state index contributed by atoms with van der Waals surface area (Å²) in [6.07, 6.45) is 4.42. The number of thioether (sulfide) groups is 1. The molecule has 1 aromatic rings. The number of primary amides is 1. The monoisotopic (exact) mass is 507 g/mol. The molecule has 0 bridgehead atoms. The molecule has 0 saturated carbocycles. The molecule has 0 saturated heterocycles. The lowest BCUT2D eigenvalue weighted by Gasteiger charge is -2.11. The number of nitrogens with one attached hydrogen (secondary N) is 3. The summed E-state index contributed by atoms with van der Waals surface area (Å²) in [5.41, 5.74) is 6.49. The van der Waals surface area contributed by atoms with E-state index in [1.54, 1.807) is 12.1 Å². The van der Waals surface area contributed by atoms with Gasteiger partial charge < -0.3 is 21.7 Å². The van der Waals surface area contributed by atoms with Gasteiger partial charge in [0.1, 0.15) is 0 Å². The van der Waals surface area contributed by atoms with Crippen molar-refractivity contribution < 1.29 is 9.59 Å². The van der Waals surface area contributed by atoms with Gasteiger partial charge in [-0.15, -0.1) is 24.0 Å². The van der Waals surface area contributed by atoms with Crippen LogP contribution in [-0.2, 0) is 11.3 Å². The van der Waals surface area contributed by atoms with E-state index in [2.05, 4.69) is 27.2 Å². The molecule has 5 N–H and O–H groups in total. The lowest BCUT2D eigenvalue weighted by Crippen LogP contribution is -2.37. The van der Waals surface area contributed by atoms with E-state index in [4.69, 9.17) is 5.73 Å². The summed E-state index contributed by atoms with van der Waals surface area (Å²) >= 11 is 1.86. The zero-order chi connectivity index (χ0) is 19.2. The second kappa shape index (κ2) is 15.6. The zero-order valence-corrected chi connectivity index (χ0v) is 19.1. The molecule has 0 aromatic heterocycles. The number of guanidine groups is 1. The van der Waals surface area contributed by atoms with E-state index in [0.717, 1.165) is 31.0 Å². The summed E-state index contributed by atoms with van der Waals surface area (Å²) in [7, 11) is 0. The van der Waals surface area contributed by atoms with Crippen LogP contribution in [0.5, 0.6) is 0 Å². The molecule has 2 amide bonds. The van der Waals surface area contributed by atoms with Crippen molar-refractivity contribution in [3.63, 3.8) is 0 Å². The van der Waals surface area contributed by atoms with Crippen LogP contribution >= 0.6 is 35.7 Å². The van der Waals surface area contributed by atoms with Crippen LogP contribution in [0.25, 0.3) is 0 Å². The predicted octanol–water partition coefficient (Wildman–Crippen LogP) is 1.72. The minimum Gasteiger partial charge on any atom is -0.368 e. The molecule has 0 unspecified atom stereocenters. The van der Waals surface area contributed by atoms with Gasteiger partial charge in [-0.2, -0.15) is 11.8 Å². The Kier molecular flexibility index (Phi) is 14.7. The average molecular weight is 507 g/mol. The Morgan fingerprint density at radius 2 is 1.81 bits per heavy atom. The Morgan fingerprint density at radius 3 is 2.41 bits per heavy atom. The number of hydrogen-bond acceptors (Lipinski definition) is 4. The second-order valence-corrected chi connectivity index (χ2v) is 6.65. The second-order valence-electron chi connectivity index (χ2n) is 5.67. The normalized spacial score (nSPS) is 10.7. The van der Waals surface area contributed by atoms with E-state index >= 15 is 0 Å². The highest BCUT2D eigenvalue weighted by Crippen LogP contribution is 2.06. The quantitative estimate of drug-likeness (QED) is 0.158. The van der Waals surface area contributed by atoms with Crippen LogP contribution in [0.4, 0.5) is 0 Å². The highest BCUT2D eigenvalue weighted by atomic mass is 127. The number of carbonyl (C=O) groups excluding carboxylic acids is 2. The minimum atomic E-state index is -0.568. The fraction of sp³-hybridized carbons (Fsp3) is 0.500.